The molecule has 128 valence electrons. The Balaban J connectivity index is 0.000000435. The second kappa shape index (κ2) is 10.5. The van der Waals surface area contributed by atoms with Crippen LogP contribution in [0.3, 0.4) is 0 Å². The summed E-state index contributed by atoms with van der Waals surface area (Å²) in [7, 11) is -0.981. The van der Waals surface area contributed by atoms with Gasteiger partial charge < -0.3 is 24.8 Å². The Hall–Kier alpha value is -0.660. The minimum atomic E-state index is -0.981. The summed E-state index contributed by atoms with van der Waals surface area (Å²) >= 11 is 0. The summed E-state index contributed by atoms with van der Waals surface area (Å²) in [5.74, 6) is 0. The first-order valence-electron chi connectivity index (χ1n) is 7.81. The van der Waals surface area contributed by atoms with E-state index in [4.69, 9.17) is 0 Å². The average Bonchev–Trinajstić information content (AvgIpc) is 3.15. The van der Waals surface area contributed by atoms with Gasteiger partial charge in [0, 0.05) is 8.07 Å². The van der Waals surface area contributed by atoms with E-state index < -0.39 is 8.07 Å². The number of hydrogen-bond acceptors (Lipinski definition) is 0. The molecule has 4 aromatic rings. The van der Waals surface area contributed by atoms with Gasteiger partial charge in [-0.15, -0.1) is 39.7 Å². The van der Waals surface area contributed by atoms with Gasteiger partial charge in [0.05, 0.1) is 0 Å². The van der Waals surface area contributed by atoms with Gasteiger partial charge in [0.15, 0.2) is 0 Å². The van der Waals surface area contributed by atoms with Gasteiger partial charge in [-0.3, -0.25) is 0 Å². The summed E-state index contributed by atoms with van der Waals surface area (Å²) < 4.78 is 0. The molecule has 0 saturated carbocycles. The largest absolute Gasteiger partial charge is 4.00 e. The Labute approximate surface area is 183 Å². The zero-order valence-electron chi connectivity index (χ0n) is 14.8. The van der Waals surface area contributed by atoms with Gasteiger partial charge in [-0.25, -0.2) is 11.3 Å². The molecule has 0 heterocycles. The van der Waals surface area contributed by atoms with Gasteiger partial charge in [0.2, 0.25) is 0 Å². The molecule has 0 aliphatic heterocycles. The Kier molecular flexibility index (Phi) is 10.2. The van der Waals surface area contributed by atoms with Crippen molar-refractivity contribution in [2.45, 2.75) is 19.6 Å². The first kappa shape index (κ1) is 24.3. The van der Waals surface area contributed by atoms with Crippen molar-refractivity contribution in [2.75, 3.05) is 0 Å². The molecule has 0 nitrogen and oxygen atoms in total. The van der Waals surface area contributed by atoms with Crippen molar-refractivity contribution in [2.24, 2.45) is 0 Å². The number of fused-ring (bicyclic) bond motifs is 3. The van der Waals surface area contributed by atoms with Crippen molar-refractivity contribution in [3.8, 4) is 0 Å². The van der Waals surface area contributed by atoms with Crippen molar-refractivity contribution >= 4 is 34.8 Å². The smallest absolute Gasteiger partial charge is 1.00 e. The fourth-order valence-corrected chi connectivity index (χ4v) is 3.97. The zero-order valence-corrected chi connectivity index (χ0v) is 19.7. The van der Waals surface area contributed by atoms with E-state index in [0.717, 1.165) is 0 Å². The van der Waals surface area contributed by atoms with Crippen LogP contribution in [0.15, 0.2) is 78.9 Å². The van der Waals surface area contributed by atoms with Gasteiger partial charge in [0.25, 0.3) is 0 Å². The topological polar surface area (TPSA) is 0 Å². The van der Waals surface area contributed by atoms with Crippen LogP contribution in [0.5, 0.6) is 0 Å². The Morgan fingerprint density at radius 2 is 1.20 bits per heavy atom. The molecule has 0 aliphatic rings. The molecule has 0 spiro atoms. The third kappa shape index (κ3) is 5.93. The maximum absolute atomic E-state index is 2.36. The molecule has 0 saturated heterocycles. The van der Waals surface area contributed by atoms with Gasteiger partial charge in [-0.2, -0.15) is 18.2 Å². The van der Waals surface area contributed by atoms with Crippen LogP contribution in [-0.4, -0.2) is 8.07 Å². The maximum Gasteiger partial charge on any atom is 4.00 e. The molecule has 0 amide bonds. The molecule has 0 aromatic heterocycles. The first-order valence-corrected chi connectivity index (χ1v) is 11.3. The minimum absolute atomic E-state index is 0. The van der Waals surface area contributed by atoms with E-state index in [0.29, 0.717) is 0 Å². The summed E-state index contributed by atoms with van der Waals surface area (Å²) in [4.78, 5) is 0. The van der Waals surface area contributed by atoms with Crippen LogP contribution in [0.4, 0.5) is 0 Å². The summed E-state index contributed by atoms with van der Waals surface area (Å²) in [5.41, 5.74) is 0. The van der Waals surface area contributed by atoms with Crippen LogP contribution in [0.1, 0.15) is 0 Å². The monoisotopic (exact) mass is 462 g/mol. The van der Waals surface area contributed by atoms with E-state index in [1.165, 1.54) is 21.5 Å². The van der Waals surface area contributed by atoms with Gasteiger partial charge in [-0.05, 0) is 0 Å². The molecule has 0 atom stereocenters. The normalized spacial score (nSPS) is 10.0. The van der Waals surface area contributed by atoms with Crippen molar-refractivity contribution in [3.05, 3.63) is 78.9 Å². The van der Waals surface area contributed by atoms with E-state index >= 15 is 0 Å². The molecule has 0 unspecified atom stereocenters. The molecule has 4 rings (SSSR count). The standard InChI is InChI=1S/C13H9.C8H13Si.2ClH.Zr/c1-3-7-12-10(5-1)9-11-6-2-4-8-13(11)12;1-9(2,3)8-6-4-5-7-8;;;/h1-9H;4-7H,1-3H3;2*1H;/q2*-1;;;+4/p-2. The number of benzene rings is 2. The van der Waals surface area contributed by atoms with E-state index in [1.54, 1.807) is 5.19 Å². The van der Waals surface area contributed by atoms with E-state index in [9.17, 15) is 0 Å². The first-order chi connectivity index (χ1) is 10.6. The zero-order chi connectivity index (χ0) is 15.6. The summed E-state index contributed by atoms with van der Waals surface area (Å²) in [6.07, 6.45) is 0. The van der Waals surface area contributed by atoms with Crippen molar-refractivity contribution < 1.29 is 51.0 Å². The van der Waals surface area contributed by atoms with Crippen LogP contribution in [0, 0.1) is 0 Å². The van der Waals surface area contributed by atoms with Crippen molar-refractivity contribution in [1.29, 1.82) is 0 Å². The number of halogens is 2. The molecule has 0 radical (unpaired) electrons. The summed E-state index contributed by atoms with van der Waals surface area (Å²) in [6, 6.07) is 28.0. The molecule has 0 N–H and O–H groups in total. The second-order valence-corrected chi connectivity index (χ2v) is 11.8. The molecule has 0 fully saturated rings. The Morgan fingerprint density at radius 1 is 0.720 bits per heavy atom. The van der Waals surface area contributed by atoms with Crippen LogP contribution < -0.4 is 30.0 Å². The molecule has 25 heavy (non-hydrogen) atoms. The Morgan fingerprint density at radius 3 is 1.56 bits per heavy atom. The fourth-order valence-electron chi connectivity index (χ4n) is 2.78. The van der Waals surface area contributed by atoms with E-state index in [2.05, 4.69) is 98.5 Å². The second-order valence-electron chi connectivity index (χ2n) is 6.74. The molecular weight excluding hydrogens is 442 g/mol. The SMILES string of the molecule is C[Si](C)(C)c1cc[cH-]c1.[Cl-].[Cl-].[Zr+4].c1ccc2c(c1)[cH-]c1ccccc12. The molecule has 0 bridgehead atoms. The fraction of sp³-hybridized carbons (Fsp3) is 0.143. The third-order valence-electron chi connectivity index (χ3n) is 4.05. The molecule has 4 heteroatoms. The van der Waals surface area contributed by atoms with Gasteiger partial charge in [-0.1, -0.05) is 56.0 Å². The summed E-state index contributed by atoms with van der Waals surface area (Å²) in [6.45, 7) is 7.09. The molecule has 4 aromatic carbocycles. The van der Waals surface area contributed by atoms with Crippen molar-refractivity contribution in [3.63, 3.8) is 0 Å². The number of hydrogen-bond donors (Lipinski definition) is 0. The Bertz CT molecular complexity index is 823. The number of rotatable bonds is 1. The van der Waals surface area contributed by atoms with Crippen LogP contribution in [0.25, 0.3) is 21.5 Å². The quantitative estimate of drug-likeness (QED) is 0.267. The average molecular weight is 465 g/mol. The predicted octanol–water partition coefficient (Wildman–Crippen LogP) is -0.332. The van der Waals surface area contributed by atoms with Crippen molar-refractivity contribution in [1.82, 2.24) is 0 Å². The van der Waals surface area contributed by atoms with Gasteiger partial charge in [0.1, 0.15) is 0 Å². The summed E-state index contributed by atoms with van der Waals surface area (Å²) in [5, 5.41) is 6.95. The molecule has 0 aliphatic carbocycles. The molecular formula is C21H22Cl2SiZr. The predicted molar refractivity (Wildman–Crippen MR) is 102 cm³/mol. The van der Waals surface area contributed by atoms with E-state index in [-0.39, 0.29) is 51.0 Å². The third-order valence-corrected chi connectivity index (χ3v) is 6.12. The van der Waals surface area contributed by atoms with Gasteiger partial charge >= 0.3 is 26.2 Å². The van der Waals surface area contributed by atoms with E-state index in [1.807, 2.05) is 0 Å². The van der Waals surface area contributed by atoms with Crippen LogP contribution in [0.2, 0.25) is 19.6 Å². The minimum Gasteiger partial charge on any atom is -1.00 e. The maximum atomic E-state index is 2.36. The van der Waals surface area contributed by atoms with Crippen LogP contribution >= 0.6 is 0 Å². The van der Waals surface area contributed by atoms with Crippen LogP contribution in [-0.2, 0) is 26.2 Å².